The molecular weight excluding hydrogens is 192 g/mol. The van der Waals surface area contributed by atoms with Crippen LogP contribution >= 0.6 is 0 Å². The smallest absolute Gasteiger partial charge is 0.307 e. The minimum absolute atomic E-state index is 0.0169. The molecule has 0 bridgehead atoms. The number of fused-ring (bicyclic) bond motifs is 1. The van der Waals surface area contributed by atoms with Gasteiger partial charge in [0.15, 0.2) is 5.78 Å². The Morgan fingerprint density at radius 3 is 2.93 bits per heavy atom. The maximum Gasteiger partial charge on any atom is 0.307 e. The van der Waals surface area contributed by atoms with Crippen LogP contribution in [0.4, 0.5) is 0 Å². The van der Waals surface area contributed by atoms with Crippen molar-refractivity contribution in [2.24, 2.45) is 11.3 Å². The summed E-state index contributed by atoms with van der Waals surface area (Å²) in [4.78, 5) is 22.6. The average molecular weight is 208 g/mol. The highest BCUT2D eigenvalue weighted by Crippen LogP contribution is 2.49. The summed E-state index contributed by atoms with van der Waals surface area (Å²) in [6, 6.07) is 0. The van der Waals surface area contributed by atoms with Crippen molar-refractivity contribution in [1.82, 2.24) is 0 Å². The summed E-state index contributed by atoms with van der Waals surface area (Å²) >= 11 is 0. The molecule has 2 aliphatic carbocycles. The molecule has 0 heterocycles. The summed E-state index contributed by atoms with van der Waals surface area (Å²) in [7, 11) is 0. The van der Waals surface area contributed by atoms with Gasteiger partial charge < -0.3 is 5.11 Å². The third-order valence-corrected chi connectivity index (χ3v) is 3.93. The molecule has 0 spiro atoms. The van der Waals surface area contributed by atoms with Crippen LogP contribution in [0.1, 0.15) is 39.0 Å². The lowest BCUT2D eigenvalue weighted by molar-refractivity contribution is -0.148. The molecule has 0 amide bonds. The molecule has 15 heavy (non-hydrogen) atoms. The highest BCUT2D eigenvalue weighted by molar-refractivity contribution is 5.95. The van der Waals surface area contributed by atoms with Gasteiger partial charge in [-0.05, 0) is 25.3 Å². The third-order valence-electron chi connectivity index (χ3n) is 3.93. The predicted octanol–water partition coefficient (Wildman–Crippen LogP) is 2.17. The van der Waals surface area contributed by atoms with E-state index in [1.807, 2.05) is 6.92 Å². The molecule has 1 fully saturated rings. The van der Waals surface area contributed by atoms with E-state index < -0.39 is 11.9 Å². The molecule has 1 saturated carbocycles. The maximum atomic E-state index is 11.4. The van der Waals surface area contributed by atoms with Crippen LogP contribution in [0.3, 0.4) is 0 Å². The number of hydrogen-bond acceptors (Lipinski definition) is 2. The fraction of sp³-hybridized carbons (Fsp3) is 0.667. The molecular formula is C12H16O3. The zero-order valence-electron chi connectivity index (χ0n) is 8.95. The molecule has 2 atom stereocenters. The van der Waals surface area contributed by atoms with Gasteiger partial charge in [-0.25, -0.2) is 0 Å². The molecule has 3 heteroatoms. The predicted molar refractivity (Wildman–Crippen MR) is 55.4 cm³/mol. The minimum Gasteiger partial charge on any atom is -0.481 e. The number of carbonyl (C=O) groups excluding carboxylic acids is 1. The molecule has 2 rings (SSSR count). The highest BCUT2D eigenvalue weighted by atomic mass is 16.4. The molecule has 0 aromatic heterocycles. The van der Waals surface area contributed by atoms with Gasteiger partial charge in [0, 0.05) is 11.8 Å². The second kappa shape index (κ2) is 3.47. The SMILES string of the molecule is C[C@@]12CCCCC1=CC(=O)CC2C(=O)O. The van der Waals surface area contributed by atoms with Crippen LogP contribution in [0.2, 0.25) is 0 Å². The summed E-state index contributed by atoms with van der Waals surface area (Å²) in [6.07, 6.45) is 5.83. The van der Waals surface area contributed by atoms with E-state index in [0.717, 1.165) is 31.3 Å². The van der Waals surface area contributed by atoms with Gasteiger partial charge in [-0.3, -0.25) is 9.59 Å². The van der Waals surface area contributed by atoms with Crippen LogP contribution in [0.25, 0.3) is 0 Å². The molecule has 0 radical (unpaired) electrons. The molecule has 1 unspecified atom stereocenters. The van der Waals surface area contributed by atoms with Crippen LogP contribution in [0, 0.1) is 11.3 Å². The van der Waals surface area contributed by atoms with E-state index in [1.54, 1.807) is 6.08 Å². The van der Waals surface area contributed by atoms with Gasteiger partial charge in [-0.1, -0.05) is 18.9 Å². The molecule has 1 N–H and O–H groups in total. The number of aliphatic carboxylic acids is 1. The lowest BCUT2D eigenvalue weighted by atomic mass is 9.60. The van der Waals surface area contributed by atoms with Gasteiger partial charge >= 0.3 is 5.97 Å². The van der Waals surface area contributed by atoms with E-state index in [4.69, 9.17) is 0 Å². The summed E-state index contributed by atoms with van der Waals surface area (Å²) in [5, 5.41) is 9.18. The Labute approximate surface area is 89.2 Å². The fourth-order valence-electron chi connectivity index (χ4n) is 2.93. The minimum atomic E-state index is -0.821. The van der Waals surface area contributed by atoms with Crippen molar-refractivity contribution >= 4 is 11.8 Å². The molecule has 82 valence electrons. The van der Waals surface area contributed by atoms with Gasteiger partial charge in [0.1, 0.15) is 0 Å². The van der Waals surface area contributed by atoms with E-state index >= 15 is 0 Å². The van der Waals surface area contributed by atoms with E-state index in [1.165, 1.54) is 0 Å². The third kappa shape index (κ3) is 1.60. The Kier molecular flexibility index (Phi) is 2.41. The van der Waals surface area contributed by atoms with Gasteiger partial charge in [0.25, 0.3) is 0 Å². The lowest BCUT2D eigenvalue weighted by Gasteiger charge is -2.43. The first-order chi connectivity index (χ1) is 7.04. The molecule has 0 aromatic rings. The van der Waals surface area contributed by atoms with Crippen molar-refractivity contribution in [2.75, 3.05) is 0 Å². The summed E-state index contributed by atoms with van der Waals surface area (Å²) in [5.41, 5.74) is 0.801. The Balaban J connectivity index is 2.40. The Morgan fingerprint density at radius 1 is 1.53 bits per heavy atom. The number of carboxylic acid groups (broad SMARTS) is 1. The van der Waals surface area contributed by atoms with Crippen LogP contribution in [-0.4, -0.2) is 16.9 Å². The number of hydrogen-bond donors (Lipinski definition) is 1. The largest absolute Gasteiger partial charge is 0.481 e. The van der Waals surface area contributed by atoms with Crippen molar-refractivity contribution in [3.05, 3.63) is 11.6 Å². The molecule has 3 nitrogen and oxygen atoms in total. The van der Waals surface area contributed by atoms with E-state index in [2.05, 4.69) is 0 Å². The van der Waals surface area contributed by atoms with Crippen LogP contribution in [0.5, 0.6) is 0 Å². The highest BCUT2D eigenvalue weighted by Gasteiger charge is 2.46. The lowest BCUT2D eigenvalue weighted by Crippen LogP contribution is -2.41. The van der Waals surface area contributed by atoms with Gasteiger partial charge in [0.2, 0.25) is 0 Å². The van der Waals surface area contributed by atoms with Gasteiger partial charge in [0.05, 0.1) is 5.92 Å². The first kappa shape index (κ1) is 10.4. The normalized spacial score (nSPS) is 35.7. The number of carboxylic acids is 1. The zero-order chi connectivity index (χ0) is 11.1. The number of ketones is 1. The van der Waals surface area contributed by atoms with Crippen molar-refractivity contribution in [1.29, 1.82) is 0 Å². The van der Waals surface area contributed by atoms with E-state index in [9.17, 15) is 14.7 Å². The van der Waals surface area contributed by atoms with Gasteiger partial charge in [-0.2, -0.15) is 0 Å². The fourth-order valence-corrected chi connectivity index (χ4v) is 2.93. The second-order valence-electron chi connectivity index (χ2n) is 4.86. The Morgan fingerprint density at radius 2 is 2.27 bits per heavy atom. The zero-order valence-corrected chi connectivity index (χ0v) is 8.95. The number of allylic oxidation sites excluding steroid dienone is 2. The topological polar surface area (TPSA) is 54.4 Å². The Bertz CT molecular complexity index is 343. The second-order valence-corrected chi connectivity index (χ2v) is 4.86. The van der Waals surface area contributed by atoms with Crippen LogP contribution in [-0.2, 0) is 9.59 Å². The van der Waals surface area contributed by atoms with Crippen molar-refractivity contribution < 1.29 is 14.7 Å². The quantitative estimate of drug-likeness (QED) is 0.718. The number of rotatable bonds is 1. The number of carbonyl (C=O) groups is 2. The molecule has 0 aromatic carbocycles. The van der Waals surface area contributed by atoms with Crippen LogP contribution < -0.4 is 0 Å². The Hall–Kier alpha value is -1.12. The van der Waals surface area contributed by atoms with Crippen molar-refractivity contribution in [2.45, 2.75) is 39.0 Å². The first-order valence-corrected chi connectivity index (χ1v) is 5.51. The van der Waals surface area contributed by atoms with E-state index in [0.29, 0.717) is 0 Å². The van der Waals surface area contributed by atoms with Crippen molar-refractivity contribution in [3.63, 3.8) is 0 Å². The van der Waals surface area contributed by atoms with Crippen molar-refractivity contribution in [3.8, 4) is 0 Å². The average Bonchev–Trinajstić information content (AvgIpc) is 2.17. The van der Waals surface area contributed by atoms with Crippen LogP contribution in [0.15, 0.2) is 11.6 Å². The summed E-state index contributed by atoms with van der Waals surface area (Å²) in [6.45, 7) is 2.00. The summed E-state index contributed by atoms with van der Waals surface area (Å²) < 4.78 is 0. The first-order valence-electron chi connectivity index (χ1n) is 5.51. The molecule has 0 saturated heterocycles. The molecule has 0 aliphatic heterocycles. The monoisotopic (exact) mass is 208 g/mol. The standard InChI is InChI=1S/C12H16O3/c1-12-5-3-2-4-8(12)6-9(13)7-10(12)11(14)15/h6,10H,2-5,7H2,1H3,(H,14,15)/t10?,12-/m1/s1. The summed E-state index contributed by atoms with van der Waals surface area (Å²) in [5.74, 6) is -1.35. The van der Waals surface area contributed by atoms with E-state index in [-0.39, 0.29) is 17.6 Å². The maximum absolute atomic E-state index is 11.4. The van der Waals surface area contributed by atoms with Gasteiger partial charge in [-0.15, -0.1) is 0 Å². The molecule has 2 aliphatic rings.